The quantitative estimate of drug-likeness (QED) is 0.740. The van der Waals surface area contributed by atoms with Crippen LogP contribution in [0.3, 0.4) is 0 Å². The van der Waals surface area contributed by atoms with E-state index < -0.39 is 5.91 Å². The molecule has 2 aromatic carbocycles. The van der Waals surface area contributed by atoms with Gasteiger partial charge >= 0.3 is 0 Å². The fourth-order valence-corrected chi connectivity index (χ4v) is 2.97. The fourth-order valence-electron chi connectivity index (χ4n) is 2.97. The molecule has 0 saturated heterocycles. The maximum Gasteiger partial charge on any atom is 0.261 e. The first-order valence-corrected chi connectivity index (χ1v) is 8.79. The number of carbonyl (C=O) groups is 4. The summed E-state index contributed by atoms with van der Waals surface area (Å²) in [5, 5.41) is 0. The number of benzene rings is 2. The summed E-state index contributed by atoms with van der Waals surface area (Å²) in [5.74, 6) is -1.40. The van der Waals surface area contributed by atoms with Crippen molar-refractivity contribution in [2.45, 2.75) is 6.54 Å². The van der Waals surface area contributed by atoms with Gasteiger partial charge in [-0.15, -0.1) is 0 Å². The Bertz CT molecular complexity index is 953. The van der Waals surface area contributed by atoms with Crippen LogP contribution in [0.5, 0.6) is 0 Å². The summed E-state index contributed by atoms with van der Waals surface area (Å²) >= 11 is 0. The molecule has 2 aromatic rings. The van der Waals surface area contributed by atoms with Crippen molar-refractivity contribution in [3.05, 3.63) is 70.8 Å². The van der Waals surface area contributed by atoms with Crippen LogP contribution in [0.4, 0.5) is 0 Å². The van der Waals surface area contributed by atoms with E-state index in [4.69, 9.17) is 0 Å². The lowest BCUT2D eigenvalue weighted by Gasteiger charge is -2.19. The predicted octanol–water partition coefficient (Wildman–Crippen LogP) is 1.64. The Kier molecular flexibility index (Phi) is 5.26. The average Bonchev–Trinajstić information content (AvgIpc) is 2.92. The molecule has 0 fully saturated rings. The van der Waals surface area contributed by atoms with E-state index in [1.165, 1.54) is 39.9 Å². The Morgan fingerprint density at radius 1 is 0.893 bits per heavy atom. The Balaban J connectivity index is 1.81. The van der Waals surface area contributed by atoms with Crippen LogP contribution in [0.15, 0.2) is 48.5 Å². The maximum absolute atomic E-state index is 12.7. The molecule has 1 aliphatic rings. The highest BCUT2D eigenvalue weighted by Gasteiger charge is 2.36. The molecular weight excluding hydrogens is 358 g/mol. The first-order valence-electron chi connectivity index (χ1n) is 8.79. The van der Waals surface area contributed by atoms with Gasteiger partial charge in [-0.3, -0.25) is 24.1 Å². The Morgan fingerprint density at radius 2 is 1.54 bits per heavy atom. The maximum atomic E-state index is 12.7. The molecule has 144 valence electrons. The van der Waals surface area contributed by atoms with Gasteiger partial charge in [-0.2, -0.15) is 0 Å². The zero-order valence-corrected chi connectivity index (χ0v) is 16.0. The van der Waals surface area contributed by atoms with Gasteiger partial charge in [0.25, 0.3) is 17.7 Å². The van der Waals surface area contributed by atoms with Crippen LogP contribution in [-0.2, 0) is 11.3 Å². The van der Waals surface area contributed by atoms with Crippen LogP contribution in [-0.4, -0.2) is 66.0 Å². The lowest BCUT2D eigenvalue weighted by atomic mass is 10.0. The number of fused-ring (bicyclic) bond motifs is 1. The number of likely N-dealkylation sites (N-methyl/N-ethyl adjacent to an activating group) is 2. The second-order valence-electron chi connectivity index (χ2n) is 6.89. The van der Waals surface area contributed by atoms with Crippen LogP contribution in [0.25, 0.3) is 0 Å². The van der Waals surface area contributed by atoms with Gasteiger partial charge in [0.15, 0.2) is 0 Å². The summed E-state index contributed by atoms with van der Waals surface area (Å²) in [5.41, 5.74) is 1.59. The van der Waals surface area contributed by atoms with Crippen molar-refractivity contribution in [2.75, 3.05) is 27.7 Å². The molecular formula is C21H21N3O4. The highest BCUT2D eigenvalue weighted by molar-refractivity contribution is 6.22. The number of rotatable bonds is 5. The lowest BCUT2D eigenvalue weighted by Crippen LogP contribution is -2.37. The molecule has 7 heteroatoms. The number of carbonyl (C=O) groups excluding carboxylic acids is 4. The molecule has 28 heavy (non-hydrogen) atoms. The summed E-state index contributed by atoms with van der Waals surface area (Å²) in [4.78, 5) is 53.6. The Labute approximate surface area is 163 Å². The number of imide groups is 1. The standard InChI is InChI=1S/C21H21N3O4/c1-22(2)18(25)13-23(3)19(26)15-9-10-16-17(11-15)21(28)24(20(16)27)12-14-7-5-4-6-8-14/h4-11H,12-13H2,1-3H3. The number of hydrogen-bond donors (Lipinski definition) is 0. The number of hydrogen-bond acceptors (Lipinski definition) is 4. The molecule has 0 aliphatic carbocycles. The van der Waals surface area contributed by atoms with Crippen LogP contribution < -0.4 is 0 Å². The highest BCUT2D eigenvalue weighted by Crippen LogP contribution is 2.26. The fraction of sp³-hybridized carbons (Fsp3) is 0.238. The van der Waals surface area contributed by atoms with E-state index in [1.807, 2.05) is 30.3 Å². The van der Waals surface area contributed by atoms with Gasteiger partial charge in [0.1, 0.15) is 0 Å². The van der Waals surface area contributed by atoms with Crippen molar-refractivity contribution in [1.82, 2.24) is 14.7 Å². The first-order chi connectivity index (χ1) is 13.3. The normalized spacial score (nSPS) is 12.8. The lowest BCUT2D eigenvalue weighted by molar-refractivity contribution is -0.129. The predicted molar refractivity (Wildman–Crippen MR) is 103 cm³/mol. The van der Waals surface area contributed by atoms with Crippen LogP contribution in [0.1, 0.15) is 36.6 Å². The number of amides is 4. The van der Waals surface area contributed by atoms with E-state index in [9.17, 15) is 19.2 Å². The van der Waals surface area contributed by atoms with Gasteiger partial charge in [-0.05, 0) is 23.8 Å². The third kappa shape index (κ3) is 3.64. The van der Waals surface area contributed by atoms with Crippen molar-refractivity contribution in [3.8, 4) is 0 Å². The first kappa shape index (κ1) is 19.3. The van der Waals surface area contributed by atoms with Gasteiger partial charge in [0.2, 0.25) is 5.91 Å². The monoisotopic (exact) mass is 379 g/mol. The summed E-state index contributed by atoms with van der Waals surface area (Å²) in [6.45, 7) is 0.101. The summed E-state index contributed by atoms with van der Waals surface area (Å²) in [6, 6.07) is 13.7. The van der Waals surface area contributed by atoms with Crippen LogP contribution in [0.2, 0.25) is 0 Å². The average molecular weight is 379 g/mol. The van der Waals surface area contributed by atoms with E-state index in [-0.39, 0.29) is 47.5 Å². The Morgan fingerprint density at radius 3 is 2.18 bits per heavy atom. The molecule has 0 unspecified atom stereocenters. The molecule has 0 aromatic heterocycles. The Hall–Kier alpha value is -3.48. The minimum absolute atomic E-state index is 0.0735. The van der Waals surface area contributed by atoms with Crippen molar-refractivity contribution >= 4 is 23.6 Å². The SMILES string of the molecule is CN(C)C(=O)CN(C)C(=O)c1ccc2c(c1)C(=O)N(Cc1ccccc1)C2=O. The molecule has 1 aliphatic heterocycles. The van der Waals surface area contributed by atoms with Crippen molar-refractivity contribution in [1.29, 1.82) is 0 Å². The van der Waals surface area contributed by atoms with Crippen LogP contribution in [0, 0.1) is 0 Å². The van der Waals surface area contributed by atoms with E-state index in [0.717, 1.165) is 5.56 Å². The van der Waals surface area contributed by atoms with Crippen LogP contribution >= 0.6 is 0 Å². The van der Waals surface area contributed by atoms with Crippen molar-refractivity contribution in [3.63, 3.8) is 0 Å². The van der Waals surface area contributed by atoms with Gasteiger partial charge in [0, 0.05) is 26.7 Å². The van der Waals surface area contributed by atoms with Gasteiger partial charge in [-0.1, -0.05) is 30.3 Å². The zero-order chi connectivity index (χ0) is 20.4. The molecule has 4 amide bonds. The largest absolute Gasteiger partial charge is 0.347 e. The molecule has 1 heterocycles. The minimum atomic E-state index is -0.425. The molecule has 0 bridgehead atoms. The summed E-state index contributed by atoms with van der Waals surface area (Å²) < 4.78 is 0. The third-order valence-corrected chi connectivity index (χ3v) is 4.62. The second kappa shape index (κ2) is 7.64. The zero-order valence-electron chi connectivity index (χ0n) is 16.0. The van der Waals surface area contributed by atoms with Crippen molar-refractivity contribution in [2.24, 2.45) is 0 Å². The minimum Gasteiger partial charge on any atom is -0.347 e. The molecule has 0 N–H and O–H groups in total. The molecule has 0 spiro atoms. The highest BCUT2D eigenvalue weighted by atomic mass is 16.2. The molecule has 3 rings (SSSR count). The molecule has 0 saturated carbocycles. The van der Waals surface area contributed by atoms with E-state index in [1.54, 1.807) is 14.1 Å². The summed E-state index contributed by atoms with van der Waals surface area (Å²) in [7, 11) is 4.74. The van der Waals surface area contributed by atoms with Gasteiger partial charge in [0.05, 0.1) is 24.2 Å². The summed E-state index contributed by atoms with van der Waals surface area (Å²) in [6.07, 6.45) is 0. The van der Waals surface area contributed by atoms with E-state index >= 15 is 0 Å². The van der Waals surface area contributed by atoms with E-state index in [2.05, 4.69) is 0 Å². The smallest absolute Gasteiger partial charge is 0.261 e. The molecule has 0 radical (unpaired) electrons. The topological polar surface area (TPSA) is 78.0 Å². The molecule has 7 nitrogen and oxygen atoms in total. The third-order valence-electron chi connectivity index (χ3n) is 4.62. The van der Waals surface area contributed by atoms with Crippen molar-refractivity contribution < 1.29 is 19.2 Å². The van der Waals surface area contributed by atoms with Gasteiger partial charge < -0.3 is 9.80 Å². The van der Waals surface area contributed by atoms with E-state index in [0.29, 0.717) is 0 Å². The second-order valence-corrected chi connectivity index (χ2v) is 6.89. The van der Waals surface area contributed by atoms with Gasteiger partial charge in [-0.25, -0.2) is 0 Å². The molecule has 0 atom stereocenters. The number of nitrogens with zero attached hydrogens (tertiary/aromatic N) is 3.